The number of furan rings is 2. The summed E-state index contributed by atoms with van der Waals surface area (Å²) < 4.78 is 12.9. The van der Waals surface area contributed by atoms with Crippen LogP contribution in [0.5, 0.6) is 0 Å². The van der Waals surface area contributed by atoms with Gasteiger partial charge < -0.3 is 8.83 Å². The number of rotatable bonds is 5. The molecular formula is C45H22B5N3O2. The van der Waals surface area contributed by atoms with E-state index in [0.717, 1.165) is 60.5 Å². The number of hydrogen-bond acceptors (Lipinski definition) is 5. The van der Waals surface area contributed by atoms with Crippen LogP contribution in [0.2, 0.25) is 0 Å². The van der Waals surface area contributed by atoms with Crippen molar-refractivity contribution in [2.24, 2.45) is 0 Å². The topological polar surface area (TPSA) is 65.0 Å². The maximum Gasteiger partial charge on any atom is 0.164 e. The minimum atomic E-state index is 0.158. The first-order valence-electron chi connectivity index (χ1n) is 17.6. The van der Waals surface area contributed by atoms with Gasteiger partial charge in [-0.3, -0.25) is 0 Å². The van der Waals surface area contributed by atoms with Crippen molar-refractivity contribution in [3.8, 4) is 56.4 Å². The Morgan fingerprint density at radius 1 is 0.364 bits per heavy atom. The fourth-order valence-corrected chi connectivity index (χ4v) is 7.47. The maximum absolute atomic E-state index is 6.54. The van der Waals surface area contributed by atoms with E-state index in [-0.39, 0.29) is 27.3 Å². The molecule has 0 aliphatic carbocycles. The first-order valence-corrected chi connectivity index (χ1v) is 17.6. The highest BCUT2D eigenvalue weighted by molar-refractivity contribution is 6.68. The second kappa shape index (κ2) is 12.8. The Morgan fingerprint density at radius 3 is 1.78 bits per heavy atom. The summed E-state index contributed by atoms with van der Waals surface area (Å²) in [5, 5.41) is 3.98. The molecule has 0 unspecified atom stereocenters. The highest BCUT2D eigenvalue weighted by Gasteiger charge is 2.20. The monoisotopic (exact) mass is 691 g/mol. The highest BCUT2D eigenvalue weighted by atomic mass is 16.3. The zero-order valence-corrected chi connectivity index (χ0v) is 29.2. The van der Waals surface area contributed by atoms with Crippen molar-refractivity contribution < 1.29 is 8.83 Å². The summed E-state index contributed by atoms with van der Waals surface area (Å²) in [6, 6.07) is 43.9. The lowest BCUT2D eigenvalue weighted by Crippen LogP contribution is -2.55. The van der Waals surface area contributed by atoms with Crippen LogP contribution in [0.25, 0.3) is 100 Å². The van der Waals surface area contributed by atoms with E-state index in [4.69, 9.17) is 63.0 Å². The molecule has 10 aromatic rings. The van der Waals surface area contributed by atoms with Gasteiger partial charge in [0.25, 0.3) is 0 Å². The molecule has 0 aliphatic rings. The van der Waals surface area contributed by atoms with Crippen molar-refractivity contribution in [3.05, 3.63) is 133 Å². The van der Waals surface area contributed by atoms with E-state index in [2.05, 4.69) is 42.5 Å². The van der Waals surface area contributed by atoms with Gasteiger partial charge in [0.05, 0.1) is 0 Å². The van der Waals surface area contributed by atoms with Crippen LogP contribution in [0.15, 0.2) is 142 Å². The van der Waals surface area contributed by atoms with Gasteiger partial charge in [-0.2, -0.15) is 0 Å². The molecule has 5 nitrogen and oxygen atoms in total. The van der Waals surface area contributed by atoms with Gasteiger partial charge in [-0.1, -0.05) is 114 Å². The Morgan fingerprint density at radius 2 is 0.964 bits per heavy atom. The number of para-hydroxylation sites is 2. The summed E-state index contributed by atoms with van der Waals surface area (Å²) in [6.45, 7) is 0. The molecule has 10 rings (SSSR count). The van der Waals surface area contributed by atoms with E-state index in [1.54, 1.807) is 0 Å². The number of aromatic nitrogens is 3. The molecule has 7 aromatic carbocycles. The number of hydrogen-bond donors (Lipinski definition) is 0. The zero-order chi connectivity index (χ0) is 37.4. The molecule has 55 heavy (non-hydrogen) atoms. The molecule has 0 atom stereocenters. The minimum absolute atomic E-state index is 0.158. The van der Waals surface area contributed by atoms with Crippen LogP contribution in [-0.2, 0) is 0 Å². The molecule has 0 saturated heterocycles. The fourth-order valence-electron chi connectivity index (χ4n) is 7.47. The highest BCUT2D eigenvalue weighted by Crippen LogP contribution is 2.40. The van der Waals surface area contributed by atoms with E-state index in [9.17, 15) is 0 Å². The van der Waals surface area contributed by atoms with Gasteiger partial charge in [0.15, 0.2) is 17.5 Å². The Bertz CT molecular complexity index is 3150. The number of nitrogens with zero attached hydrogens (tertiary/aromatic N) is 3. The van der Waals surface area contributed by atoms with Crippen LogP contribution in [0, 0.1) is 0 Å². The van der Waals surface area contributed by atoms with Crippen LogP contribution < -0.4 is 27.3 Å². The molecule has 3 heterocycles. The van der Waals surface area contributed by atoms with E-state index in [1.165, 1.54) is 0 Å². The molecule has 0 spiro atoms. The third-order valence-electron chi connectivity index (χ3n) is 10.2. The van der Waals surface area contributed by atoms with Crippen LogP contribution >= 0.6 is 0 Å². The van der Waals surface area contributed by atoms with E-state index >= 15 is 0 Å². The van der Waals surface area contributed by atoms with Gasteiger partial charge in [0, 0.05) is 43.8 Å². The molecule has 0 bridgehead atoms. The maximum atomic E-state index is 6.54. The van der Waals surface area contributed by atoms with Crippen LogP contribution in [0.4, 0.5) is 0 Å². The molecule has 0 saturated carbocycles. The van der Waals surface area contributed by atoms with Crippen LogP contribution in [-0.4, -0.2) is 54.2 Å². The number of fused-ring (bicyclic) bond motifs is 6. The molecule has 10 radical (unpaired) electrons. The molecule has 3 aromatic heterocycles. The Hall–Kier alpha value is -6.53. The standard InChI is InChI=1S/C45H22B5N3O2/c46-37-35(38(47)40(49)41(50)39(37)48)25-11-6-12-26(21-25)44-51-43(23-9-2-1-3-10-23)52-45(53-44)31-16-8-18-33-36(31)30-20-19-24(22-34(30)54-33)27-14-7-15-29-28-13-4-5-17-32(28)55-42(27)29/h1-22H. The summed E-state index contributed by atoms with van der Waals surface area (Å²) in [7, 11) is 31.4. The quantitative estimate of drug-likeness (QED) is 0.208. The van der Waals surface area contributed by atoms with Gasteiger partial charge in [-0.25, -0.2) is 15.0 Å². The average Bonchev–Trinajstić information content (AvgIpc) is 3.81. The molecule has 10 heteroatoms. The summed E-state index contributed by atoms with van der Waals surface area (Å²) in [5.41, 5.74) is 9.64. The lowest BCUT2D eigenvalue weighted by molar-refractivity contribution is 0.668. The average molecular weight is 691 g/mol. The molecule has 0 amide bonds. The van der Waals surface area contributed by atoms with Gasteiger partial charge >= 0.3 is 0 Å². The molecule has 0 aliphatic heterocycles. The van der Waals surface area contributed by atoms with Crippen LogP contribution in [0.3, 0.4) is 0 Å². The van der Waals surface area contributed by atoms with Crippen molar-refractivity contribution in [1.29, 1.82) is 0 Å². The summed E-state index contributed by atoms with van der Waals surface area (Å²) in [6.07, 6.45) is 0. The summed E-state index contributed by atoms with van der Waals surface area (Å²) >= 11 is 0. The van der Waals surface area contributed by atoms with E-state index in [1.807, 2.05) is 91.0 Å². The Balaban J connectivity index is 1.14. The molecule has 0 N–H and O–H groups in total. The Kier molecular flexibility index (Phi) is 7.70. The molecule has 0 fully saturated rings. The third kappa shape index (κ3) is 5.35. The molecule has 244 valence electrons. The van der Waals surface area contributed by atoms with Crippen molar-refractivity contribution in [2.75, 3.05) is 0 Å². The van der Waals surface area contributed by atoms with Gasteiger partial charge in [-0.15, -0.1) is 16.4 Å². The van der Waals surface area contributed by atoms with E-state index in [0.29, 0.717) is 39.7 Å². The van der Waals surface area contributed by atoms with Crippen molar-refractivity contribution in [1.82, 2.24) is 15.0 Å². The predicted octanol–water partition coefficient (Wildman–Crippen LogP) is 5.97. The number of benzene rings is 7. The largest absolute Gasteiger partial charge is 0.456 e. The molecular weight excluding hydrogens is 669 g/mol. The van der Waals surface area contributed by atoms with E-state index < -0.39 is 0 Å². The zero-order valence-electron chi connectivity index (χ0n) is 29.2. The SMILES string of the molecule is [B]c1c([B])c([B])c(-c2cccc(-c3nc(-c4ccccc4)nc(-c4cccc5oc6cc(-c7cccc8c7oc7ccccc78)ccc6c45)n3)c2)c([B])c1[B]. The predicted molar refractivity (Wildman–Crippen MR) is 229 cm³/mol. The lowest BCUT2D eigenvalue weighted by atomic mass is 9.59. The van der Waals surface area contributed by atoms with Crippen molar-refractivity contribution >= 4 is 110 Å². The normalized spacial score (nSPS) is 11.6. The van der Waals surface area contributed by atoms with Crippen molar-refractivity contribution in [3.63, 3.8) is 0 Å². The minimum Gasteiger partial charge on any atom is -0.456 e. The first-order chi connectivity index (χ1) is 26.8. The second-order valence-corrected chi connectivity index (χ2v) is 13.5. The second-order valence-electron chi connectivity index (χ2n) is 13.5. The first kappa shape index (κ1) is 33.1. The third-order valence-corrected chi connectivity index (χ3v) is 10.2. The van der Waals surface area contributed by atoms with Gasteiger partial charge in [0.1, 0.15) is 61.6 Å². The summed E-state index contributed by atoms with van der Waals surface area (Å²) in [5.74, 6) is 1.45. The Labute approximate surface area is 322 Å². The van der Waals surface area contributed by atoms with Gasteiger partial charge in [-0.05, 0) is 47.0 Å². The van der Waals surface area contributed by atoms with Crippen molar-refractivity contribution in [2.45, 2.75) is 0 Å². The van der Waals surface area contributed by atoms with Crippen LogP contribution in [0.1, 0.15) is 0 Å². The fraction of sp³-hybridized carbons (Fsp3) is 0. The van der Waals surface area contributed by atoms with Gasteiger partial charge in [0.2, 0.25) is 0 Å². The smallest absolute Gasteiger partial charge is 0.164 e. The summed E-state index contributed by atoms with van der Waals surface area (Å²) in [4.78, 5) is 15.1. The lowest BCUT2D eigenvalue weighted by Gasteiger charge is -2.21.